The van der Waals surface area contributed by atoms with Gasteiger partial charge in [0.05, 0.1) is 25.0 Å². The normalized spacial score (nSPS) is 11.9. The molecule has 0 N–H and O–H groups in total. The first-order valence-corrected chi connectivity index (χ1v) is 7.37. The highest BCUT2D eigenvalue weighted by atomic mass is 16.5. The fourth-order valence-electron chi connectivity index (χ4n) is 2.49. The SMILES string of the molecule is COC(=O)C(C)(C)Cc1ccc(CC(C)(C)C(=O)OC)cc1. The minimum atomic E-state index is -0.554. The first-order valence-electron chi connectivity index (χ1n) is 7.37. The summed E-state index contributed by atoms with van der Waals surface area (Å²) >= 11 is 0. The second-order valence-corrected chi connectivity index (χ2v) is 6.92. The van der Waals surface area contributed by atoms with Crippen molar-refractivity contribution in [1.29, 1.82) is 0 Å². The van der Waals surface area contributed by atoms with E-state index in [2.05, 4.69) is 0 Å². The number of esters is 2. The van der Waals surface area contributed by atoms with Gasteiger partial charge in [0.1, 0.15) is 0 Å². The molecule has 0 bridgehead atoms. The molecule has 1 rings (SSSR count). The summed E-state index contributed by atoms with van der Waals surface area (Å²) < 4.78 is 9.65. The Morgan fingerprint density at radius 2 is 1.05 bits per heavy atom. The number of carbonyl (C=O) groups is 2. The van der Waals surface area contributed by atoms with Crippen LogP contribution in [0.4, 0.5) is 0 Å². The Balaban J connectivity index is 2.79. The molecule has 4 nitrogen and oxygen atoms in total. The lowest BCUT2D eigenvalue weighted by Crippen LogP contribution is -2.28. The van der Waals surface area contributed by atoms with E-state index in [9.17, 15) is 9.59 Å². The number of rotatable bonds is 6. The van der Waals surface area contributed by atoms with E-state index < -0.39 is 10.8 Å². The van der Waals surface area contributed by atoms with Crippen LogP contribution >= 0.6 is 0 Å². The van der Waals surface area contributed by atoms with Crippen molar-refractivity contribution in [2.24, 2.45) is 10.8 Å². The van der Waals surface area contributed by atoms with E-state index in [0.717, 1.165) is 11.1 Å². The molecule has 0 aliphatic rings. The number of hydrogen-bond acceptors (Lipinski definition) is 4. The van der Waals surface area contributed by atoms with E-state index in [0.29, 0.717) is 12.8 Å². The van der Waals surface area contributed by atoms with Crippen molar-refractivity contribution in [3.63, 3.8) is 0 Å². The molecule has 0 aliphatic heterocycles. The van der Waals surface area contributed by atoms with E-state index >= 15 is 0 Å². The molecule has 4 heteroatoms. The number of hydrogen-bond donors (Lipinski definition) is 0. The lowest BCUT2D eigenvalue weighted by atomic mass is 9.83. The van der Waals surface area contributed by atoms with Crippen molar-refractivity contribution in [2.45, 2.75) is 40.5 Å². The number of ether oxygens (including phenoxy) is 2. The fourth-order valence-corrected chi connectivity index (χ4v) is 2.49. The maximum atomic E-state index is 11.7. The molecule has 0 spiro atoms. The van der Waals surface area contributed by atoms with Gasteiger partial charge in [0.25, 0.3) is 0 Å². The Kier molecular flexibility index (Phi) is 5.75. The van der Waals surface area contributed by atoms with Crippen molar-refractivity contribution in [3.05, 3.63) is 35.4 Å². The van der Waals surface area contributed by atoms with Crippen molar-refractivity contribution >= 4 is 11.9 Å². The molecule has 0 aliphatic carbocycles. The van der Waals surface area contributed by atoms with Crippen LogP contribution in [0.5, 0.6) is 0 Å². The van der Waals surface area contributed by atoms with Crippen molar-refractivity contribution in [3.8, 4) is 0 Å². The van der Waals surface area contributed by atoms with E-state index in [4.69, 9.17) is 9.47 Å². The summed E-state index contributed by atoms with van der Waals surface area (Å²) in [7, 11) is 2.81. The summed E-state index contributed by atoms with van der Waals surface area (Å²) in [5.74, 6) is -0.438. The molecule has 0 aromatic heterocycles. The van der Waals surface area contributed by atoms with Gasteiger partial charge in [0.2, 0.25) is 0 Å². The van der Waals surface area contributed by atoms with Crippen LogP contribution in [0.3, 0.4) is 0 Å². The molecule has 0 saturated heterocycles. The Labute approximate surface area is 132 Å². The van der Waals surface area contributed by atoms with Gasteiger partial charge in [-0.05, 0) is 51.7 Å². The smallest absolute Gasteiger partial charge is 0.311 e. The molecule has 1 aromatic rings. The number of carbonyl (C=O) groups excluding carboxylic acids is 2. The average molecular weight is 306 g/mol. The molecule has 1 aromatic carbocycles. The van der Waals surface area contributed by atoms with Gasteiger partial charge in [-0.1, -0.05) is 24.3 Å². The van der Waals surface area contributed by atoms with E-state index in [1.807, 2.05) is 52.0 Å². The molecular formula is C18H26O4. The van der Waals surface area contributed by atoms with Gasteiger partial charge in [0, 0.05) is 0 Å². The van der Waals surface area contributed by atoms with E-state index in [-0.39, 0.29) is 11.9 Å². The lowest BCUT2D eigenvalue weighted by Gasteiger charge is -2.23. The maximum Gasteiger partial charge on any atom is 0.311 e. The number of benzene rings is 1. The third-order valence-electron chi connectivity index (χ3n) is 3.79. The molecule has 0 fully saturated rings. The average Bonchev–Trinajstić information content (AvgIpc) is 2.46. The standard InChI is InChI=1S/C18H26O4/c1-17(2,15(19)21-5)11-13-7-9-14(10-8-13)12-18(3,4)16(20)22-6/h7-10H,11-12H2,1-6H3. The zero-order valence-electron chi connectivity index (χ0n) is 14.4. The lowest BCUT2D eigenvalue weighted by molar-refractivity contribution is -0.151. The van der Waals surface area contributed by atoms with Crippen LogP contribution in [0, 0.1) is 10.8 Å². The van der Waals surface area contributed by atoms with Gasteiger partial charge in [-0.2, -0.15) is 0 Å². The van der Waals surface area contributed by atoms with Crippen LogP contribution in [0.1, 0.15) is 38.8 Å². The highest BCUT2D eigenvalue weighted by Crippen LogP contribution is 2.26. The number of methoxy groups -OCH3 is 2. The first kappa shape index (κ1) is 18.2. The van der Waals surface area contributed by atoms with Crippen molar-refractivity contribution in [2.75, 3.05) is 14.2 Å². The van der Waals surface area contributed by atoms with E-state index in [1.54, 1.807) is 0 Å². The van der Waals surface area contributed by atoms with Crippen molar-refractivity contribution in [1.82, 2.24) is 0 Å². The first-order chi connectivity index (χ1) is 10.1. The largest absolute Gasteiger partial charge is 0.469 e. The van der Waals surface area contributed by atoms with Crippen LogP contribution in [-0.2, 0) is 31.9 Å². The predicted molar refractivity (Wildman–Crippen MR) is 85.4 cm³/mol. The van der Waals surface area contributed by atoms with Crippen LogP contribution in [-0.4, -0.2) is 26.2 Å². The van der Waals surface area contributed by atoms with Gasteiger partial charge in [0.15, 0.2) is 0 Å². The van der Waals surface area contributed by atoms with Crippen LogP contribution < -0.4 is 0 Å². The Hall–Kier alpha value is -1.84. The summed E-state index contributed by atoms with van der Waals surface area (Å²) in [6.07, 6.45) is 1.22. The van der Waals surface area contributed by atoms with Gasteiger partial charge >= 0.3 is 11.9 Å². The Bertz CT molecular complexity index is 478. The fraction of sp³-hybridized carbons (Fsp3) is 0.556. The van der Waals surface area contributed by atoms with Gasteiger partial charge in [-0.15, -0.1) is 0 Å². The third-order valence-corrected chi connectivity index (χ3v) is 3.79. The van der Waals surface area contributed by atoms with Gasteiger partial charge in [-0.25, -0.2) is 0 Å². The molecule has 0 heterocycles. The van der Waals surface area contributed by atoms with Gasteiger partial charge < -0.3 is 9.47 Å². The van der Waals surface area contributed by atoms with E-state index in [1.165, 1.54) is 14.2 Å². The summed E-state index contributed by atoms with van der Waals surface area (Å²) in [6, 6.07) is 7.97. The molecule has 22 heavy (non-hydrogen) atoms. The van der Waals surface area contributed by atoms with Crippen LogP contribution in [0.15, 0.2) is 24.3 Å². The minimum absolute atomic E-state index is 0.219. The topological polar surface area (TPSA) is 52.6 Å². The summed E-state index contributed by atoms with van der Waals surface area (Å²) in [6.45, 7) is 7.47. The Morgan fingerprint density at radius 1 is 0.773 bits per heavy atom. The molecular weight excluding hydrogens is 280 g/mol. The second kappa shape index (κ2) is 6.95. The molecule has 0 unspecified atom stereocenters. The van der Waals surface area contributed by atoms with Crippen LogP contribution in [0.2, 0.25) is 0 Å². The van der Waals surface area contributed by atoms with Crippen molar-refractivity contribution < 1.29 is 19.1 Å². The third kappa shape index (κ3) is 4.58. The quantitative estimate of drug-likeness (QED) is 0.758. The Morgan fingerprint density at radius 3 is 1.27 bits per heavy atom. The predicted octanol–water partition coefficient (Wildman–Crippen LogP) is 3.17. The molecule has 0 amide bonds. The van der Waals surface area contributed by atoms with Crippen LogP contribution in [0.25, 0.3) is 0 Å². The summed E-state index contributed by atoms with van der Waals surface area (Å²) in [4.78, 5) is 23.5. The minimum Gasteiger partial charge on any atom is -0.469 e. The molecule has 0 radical (unpaired) electrons. The molecule has 122 valence electrons. The van der Waals surface area contributed by atoms with Gasteiger partial charge in [-0.3, -0.25) is 9.59 Å². The zero-order chi connectivity index (χ0) is 17.0. The highest BCUT2D eigenvalue weighted by molar-refractivity contribution is 5.76. The summed E-state index contributed by atoms with van der Waals surface area (Å²) in [5.41, 5.74) is 1.02. The molecule has 0 saturated carbocycles. The maximum absolute atomic E-state index is 11.7. The highest BCUT2D eigenvalue weighted by Gasteiger charge is 2.30. The monoisotopic (exact) mass is 306 g/mol. The zero-order valence-corrected chi connectivity index (χ0v) is 14.4. The molecule has 0 atom stereocenters. The summed E-state index contributed by atoms with van der Waals surface area (Å²) in [5, 5.41) is 0. The second-order valence-electron chi connectivity index (χ2n) is 6.92.